The van der Waals surface area contributed by atoms with Crippen LogP contribution in [0.4, 0.5) is 4.79 Å². The Bertz CT molecular complexity index is 391. The van der Waals surface area contributed by atoms with Crippen LogP contribution < -0.4 is 5.32 Å². The summed E-state index contributed by atoms with van der Waals surface area (Å²) in [5.41, 5.74) is 0. The van der Waals surface area contributed by atoms with Gasteiger partial charge in [0.1, 0.15) is 0 Å². The van der Waals surface area contributed by atoms with E-state index in [0.29, 0.717) is 26.3 Å². The van der Waals surface area contributed by atoms with Crippen LogP contribution in [0.1, 0.15) is 17.8 Å². The SMILES string of the molecule is C[C@H](NC(=O)N1CCOCC1)c1ccc(Cl)s1. The predicted molar refractivity (Wildman–Crippen MR) is 68.7 cm³/mol. The van der Waals surface area contributed by atoms with E-state index < -0.39 is 0 Å². The standard InChI is InChI=1S/C11H15ClN2O2S/c1-8(9-2-3-10(12)17-9)13-11(15)14-4-6-16-7-5-14/h2-3,8H,4-7H2,1H3,(H,13,15)/t8-/m0/s1. The number of carbonyl (C=O) groups excluding carboxylic acids is 1. The maximum absolute atomic E-state index is 11.9. The molecule has 1 aromatic heterocycles. The van der Waals surface area contributed by atoms with Gasteiger partial charge in [-0.3, -0.25) is 0 Å². The molecule has 0 bridgehead atoms. The van der Waals surface area contributed by atoms with Crippen LogP contribution in [-0.4, -0.2) is 37.2 Å². The molecule has 1 aromatic rings. The number of hydrogen-bond acceptors (Lipinski definition) is 3. The van der Waals surface area contributed by atoms with E-state index in [1.165, 1.54) is 11.3 Å². The first-order valence-electron chi connectivity index (χ1n) is 5.55. The molecule has 1 aliphatic rings. The Morgan fingerprint density at radius 3 is 2.82 bits per heavy atom. The lowest BCUT2D eigenvalue weighted by Gasteiger charge is -2.28. The van der Waals surface area contributed by atoms with E-state index in [1.807, 2.05) is 19.1 Å². The number of ether oxygens (including phenoxy) is 1. The zero-order valence-electron chi connectivity index (χ0n) is 9.61. The fourth-order valence-electron chi connectivity index (χ4n) is 1.68. The third kappa shape index (κ3) is 3.34. The molecule has 0 aromatic carbocycles. The number of carbonyl (C=O) groups is 1. The molecule has 2 rings (SSSR count). The van der Waals surface area contributed by atoms with Crippen molar-refractivity contribution in [3.8, 4) is 0 Å². The minimum atomic E-state index is -0.0367. The van der Waals surface area contributed by atoms with Gasteiger partial charge in [-0.1, -0.05) is 11.6 Å². The summed E-state index contributed by atoms with van der Waals surface area (Å²) >= 11 is 7.36. The Hall–Kier alpha value is -0.780. The fraction of sp³-hybridized carbons (Fsp3) is 0.545. The molecule has 1 saturated heterocycles. The Morgan fingerprint density at radius 1 is 1.53 bits per heavy atom. The van der Waals surface area contributed by atoms with E-state index >= 15 is 0 Å². The van der Waals surface area contributed by atoms with Crippen molar-refractivity contribution in [1.29, 1.82) is 0 Å². The van der Waals surface area contributed by atoms with Gasteiger partial charge in [0.05, 0.1) is 23.6 Å². The van der Waals surface area contributed by atoms with E-state index in [1.54, 1.807) is 4.90 Å². The summed E-state index contributed by atoms with van der Waals surface area (Å²) in [4.78, 5) is 14.8. The van der Waals surface area contributed by atoms with Crippen LogP contribution >= 0.6 is 22.9 Å². The number of nitrogens with zero attached hydrogens (tertiary/aromatic N) is 1. The van der Waals surface area contributed by atoms with Crippen molar-refractivity contribution in [1.82, 2.24) is 10.2 Å². The molecule has 0 unspecified atom stereocenters. The number of nitrogens with one attached hydrogen (secondary N) is 1. The van der Waals surface area contributed by atoms with Crippen LogP contribution in [0.15, 0.2) is 12.1 Å². The van der Waals surface area contributed by atoms with Crippen molar-refractivity contribution in [3.63, 3.8) is 0 Å². The third-order valence-corrected chi connectivity index (χ3v) is 4.07. The third-order valence-electron chi connectivity index (χ3n) is 2.66. The van der Waals surface area contributed by atoms with E-state index in [-0.39, 0.29) is 12.1 Å². The van der Waals surface area contributed by atoms with Gasteiger partial charge in [0.2, 0.25) is 0 Å². The molecule has 4 nitrogen and oxygen atoms in total. The van der Waals surface area contributed by atoms with Crippen LogP contribution in [0.3, 0.4) is 0 Å². The number of morpholine rings is 1. The number of amides is 2. The van der Waals surface area contributed by atoms with E-state index in [4.69, 9.17) is 16.3 Å². The molecule has 0 radical (unpaired) electrons. The lowest BCUT2D eigenvalue weighted by Crippen LogP contribution is -2.46. The predicted octanol–water partition coefficient (Wildman–Crippen LogP) is 2.50. The fourth-order valence-corrected chi connectivity index (χ4v) is 2.74. The van der Waals surface area contributed by atoms with Crippen molar-refractivity contribution in [2.24, 2.45) is 0 Å². The van der Waals surface area contributed by atoms with Gasteiger partial charge in [-0.05, 0) is 19.1 Å². The molecule has 94 valence electrons. The highest BCUT2D eigenvalue weighted by Crippen LogP contribution is 2.26. The number of thiophene rings is 1. The van der Waals surface area contributed by atoms with Crippen molar-refractivity contribution in [2.75, 3.05) is 26.3 Å². The monoisotopic (exact) mass is 274 g/mol. The Balaban J connectivity index is 1.89. The second-order valence-corrected chi connectivity index (χ2v) is 5.66. The quantitative estimate of drug-likeness (QED) is 0.900. The number of hydrogen-bond donors (Lipinski definition) is 1. The topological polar surface area (TPSA) is 41.6 Å². The molecule has 1 fully saturated rings. The first-order chi connectivity index (χ1) is 8.16. The Labute approximate surface area is 110 Å². The Kier molecular flexibility index (Phi) is 4.25. The van der Waals surface area contributed by atoms with Gasteiger partial charge >= 0.3 is 6.03 Å². The summed E-state index contributed by atoms with van der Waals surface area (Å²) in [5.74, 6) is 0. The highest BCUT2D eigenvalue weighted by molar-refractivity contribution is 7.16. The molecular weight excluding hydrogens is 260 g/mol. The van der Waals surface area contributed by atoms with Gasteiger partial charge in [0.25, 0.3) is 0 Å². The van der Waals surface area contributed by atoms with Gasteiger partial charge in [-0.25, -0.2) is 4.79 Å². The maximum Gasteiger partial charge on any atom is 0.318 e. The summed E-state index contributed by atoms with van der Waals surface area (Å²) in [6.07, 6.45) is 0. The molecule has 1 aliphatic heterocycles. The molecule has 6 heteroatoms. The molecule has 0 aliphatic carbocycles. The molecule has 0 saturated carbocycles. The molecular formula is C11H15ClN2O2S. The van der Waals surface area contributed by atoms with Crippen LogP contribution in [0, 0.1) is 0 Å². The number of urea groups is 1. The van der Waals surface area contributed by atoms with Gasteiger partial charge in [-0.15, -0.1) is 11.3 Å². The van der Waals surface area contributed by atoms with E-state index in [9.17, 15) is 4.79 Å². The molecule has 2 amide bonds. The second-order valence-electron chi connectivity index (χ2n) is 3.91. The molecule has 1 N–H and O–H groups in total. The zero-order valence-corrected chi connectivity index (χ0v) is 11.2. The van der Waals surface area contributed by atoms with Crippen LogP contribution in [0.25, 0.3) is 0 Å². The highest BCUT2D eigenvalue weighted by Gasteiger charge is 2.19. The van der Waals surface area contributed by atoms with Crippen molar-refractivity contribution in [3.05, 3.63) is 21.3 Å². The molecule has 1 atom stereocenters. The van der Waals surface area contributed by atoms with Gasteiger partial charge in [0, 0.05) is 18.0 Å². The largest absolute Gasteiger partial charge is 0.378 e. The number of rotatable bonds is 2. The second kappa shape index (κ2) is 5.71. The van der Waals surface area contributed by atoms with Gasteiger partial charge in [-0.2, -0.15) is 0 Å². The van der Waals surface area contributed by atoms with Gasteiger partial charge in [0.15, 0.2) is 0 Å². The maximum atomic E-state index is 11.9. The summed E-state index contributed by atoms with van der Waals surface area (Å²) in [5, 5.41) is 2.96. The first-order valence-corrected chi connectivity index (χ1v) is 6.74. The average molecular weight is 275 g/mol. The summed E-state index contributed by atoms with van der Waals surface area (Å²) in [7, 11) is 0. The van der Waals surface area contributed by atoms with Crippen molar-refractivity contribution < 1.29 is 9.53 Å². The first kappa shape index (κ1) is 12.7. The van der Waals surface area contributed by atoms with Crippen LogP contribution in [0.2, 0.25) is 4.34 Å². The summed E-state index contributed by atoms with van der Waals surface area (Å²) in [6.45, 7) is 4.51. The van der Waals surface area contributed by atoms with E-state index in [2.05, 4.69) is 5.32 Å². The van der Waals surface area contributed by atoms with Crippen LogP contribution in [-0.2, 0) is 4.74 Å². The van der Waals surface area contributed by atoms with Gasteiger partial charge < -0.3 is 15.0 Å². The minimum Gasteiger partial charge on any atom is -0.378 e. The average Bonchev–Trinajstić information content (AvgIpc) is 2.77. The lowest BCUT2D eigenvalue weighted by atomic mass is 10.3. The summed E-state index contributed by atoms with van der Waals surface area (Å²) < 4.78 is 5.95. The lowest BCUT2D eigenvalue weighted by molar-refractivity contribution is 0.0526. The molecule has 17 heavy (non-hydrogen) atoms. The van der Waals surface area contributed by atoms with E-state index in [0.717, 1.165) is 9.21 Å². The molecule has 2 heterocycles. The highest BCUT2D eigenvalue weighted by atomic mass is 35.5. The van der Waals surface area contributed by atoms with Crippen molar-refractivity contribution >= 4 is 29.0 Å². The summed E-state index contributed by atoms with van der Waals surface area (Å²) in [6, 6.07) is 3.74. The van der Waals surface area contributed by atoms with Crippen molar-refractivity contribution in [2.45, 2.75) is 13.0 Å². The van der Waals surface area contributed by atoms with Crippen LogP contribution in [0.5, 0.6) is 0 Å². The molecule has 0 spiro atoms. The Morgan fingerprint density at radius 2 is 2.24 bits per heavy atom. The smallest absolute Gasteiger partial charge is 0.318 e. The minimum absolute atomic E-state index is 0.0113. The zero-order chi connectivity index (χ0) is 12.3. The normalized spacial score (nSPS) is 17.9. The number of halogens is 1.